The van der Waals surface area contributed by atoms with Crippen molar-refractivity contribution in [2.24, 2.45) is 0 Å². The first-order chi connectivity index (χ1) is 12.4. The number of ether oxygens (including phenoxy) is 1. The molecular formula is C21H19NO4. The molecule has 5 heteroatoms. The van der Waals surface area contributed by atoms with E-state index in [-0.39, 0.29) is 12.4 Å². The Kier molecular flexibility index (Phi) is 4.98. The van der Waals surface area contributed by atoms with Crippen LogP contribution >= 0.6 is 0 Å². The lowest BCUT2D eigenvalue weighted by Crippen LogP contribution is -2.14. The molecule has 0 bridgehead atoms. The molecule has 0 radical (unpaired) electrons. The Morgan fingerprint density at radius 1 is 1.08 bits per heavy atom. The average Bonchev–Trinajstić information content (AvgIpc) is 3.04. The number of nitrogens with zero attached hydrogens (tertiary/aromatic N) is 1. The van der Waals surface area contributed by atoms with Crippen LogP contribution in [0.15, 0.2) is 46.9 Å². The lowest BCUT2D eigenvalue weighted by atomic mass is 9.98. The van der Waals surface area contributed by atoms with Crippen molar-refractivity contribution in [3.63, 3.8) is 0 Å². The summed E-state index contributed by atoms with van der Waals surface area (Å²) in [7, 11) is 0. The molecule has 0 fully saturated rings. The molecule has 0 atom stereocenters. The van der Waals surface area contributed by atoms with E-state index in [4.69, 9.17) is 9.15 Å². The molecular weight excluding hydrogens is 330 g/mol. The largest absolute Gasteiger partial charge is 0.454 e. The molecule has 0 saturated carbocycles. The van der Waals surface area contributed by atoms with Gasteiger partial charge in [0.2, 0.25) is 11.7 Å². The van der Waals surface area contributed by atoms with Crippen LogP contribution in [0.4, 0.5) is 0 Å². The van der Waals surface area contributed by atoms with Gasteiger partial charge in [0.05, 0.1) is 0 Å². The quantitative estimate of drug-likeness (QED) is 0.392. The number of hydrogen-bond donors (Lipinski definition) is 0. The first kappa shape index (κ1) is 17.6. The Hall–Kier alpha value is -3.21. The summed E-state index contributed by atoms with van der Waals surface area (Å²) in [6, 6.07) is 11.1. The third kappa shape index (κ3) is 3.88. The van der Waals surface area contributed by atoms with Gasteiger partial charge in [0.15, 0.2) is 12.2 Å². The predicted molar refractivity (Wildman–Crippen MR) is 99.0 cm³/mol. The number of carbonyl (C=O) groups excluding carboxylic acids is 2. The first-order valence-corrected chi connectivity index (χ1v) is 8.25. The number of para-hydroxylation sites is 2. The minimum Gasteiger partial charge on any atom is -0.454 e. The summed E-state index contributed by atoms with van der Waals surface area (Å²) in [5.74, 6) is -0.546. The van der Waals surface area contributed by atoms with Crippen molar-refractivity contribution in [1.29, 1.82) is 0 Å². The average molecular weight is 349 g/mol. The number of hydrogen-bond acceptors (Lipinski definition) is 5. The molecule has 2 aromatic carbocycles. The van der Waals surface area contributed by atoms with Crippen LogP contribution in [0.1, 0.15) is 32.9 Å². The van der Waals surface area contributed by atoms with Gasteiger partial charge in [0, 0.05) is 17.7 Å². The fourth-order valence-corrected chi connectivity index (χ4v) is 2.62. The van der Waals surface area contributed by atoms with E-state index in [2.05, 4.69) is 4.98 Å². The molecule has 1 aromatic heterocycles. The molecule has 0 N–H and O–H groups in total. The molecule has 0 aliphatic rings. The second kappa shape index (κ2) is 7.35. The van der Waals surface area contributed by atoms with Gasteiger partial charge in [0.25, 0.3) is 0 Å². The van der Waals surface area contributed by atoms with Crippen LogP contribution < -0.4 is 0 Å². The SMILES string of the molecule is Cc1cc(C)c(C(=O)COC(=O)/C=C/c2nc3ccccc3o2)cc1C. The zero-order chi connectivity index (χ0) is 18.7. The molecule has 0 aliphatic carbocycles. The van der Waals surface area contributed by atoms with Crippen LogP contribution in [-0.2, 0) is 9.53 Å². The van der Waals surface area contributed by atoms with Crippen LogP contribution in [0.3, 0.4) is 0 Å². The standard InChI is InChI=1S/C21H19NO4/c1-13-10-15(3)16(11-14(13)2)18(23)12-25-21(24)9-8-20-22-17-6-4-5-7-19(17)26-20/h4-11H,12H2,1-3H3/b9-8+. The number of esters is 1. The van der Waals surface area contributed by atoms with Crippen LogP contribution in [0, 0.1) is 20.8 Å². The Morgan fingerprint density at radius 2 is 1.81 bits per heavy atom. The number of oxazole rings is 1. The van der Waals surface area contributed by atoms with Gasteiger partial charge in [-0.15, -0.1) is 0 Å². The van der Waals surface area contributed by atoms with E-state index in [9.17, 15) is 9.59 Å². The Balaban J connectivity index is 1.61. The van der Waals surface area contributed by atoms with E-state index in [1.165, 1.54) is 12.2 Å². The molecule has 3 rings (SSSR count). The lowest BCUT2D eigenvalue weighted by molar-refractivity contribution is -0.136. The highest BCUT2D eigenvalue weighted by Gasteiger charge is 2.13. The summed E-state index contributed by atoms with van der Waals surface area (Å²) in [5.41, 5.74) is 4.94. The van der Waals surface area contributed by atoms with Crippen molar-refractivity contribution in [2.45, 2.75) is 20.8 Å². The highest BCUT2D eigenvalue weighted by molar-refractivity contribution is 6.00. The normalized spacial score (nSPS) is 11.2. The molecule has 0 amide bonds. The number of ketones is 1. The highest BCUT2D eigenvalue weighted by atomic mass is 16.5. The van der Waals surface area contributed by atoms with E-state index in [0.29, 0.717) is 22.6 Å². The van der Waals surface area contributed by atoms with Gasteiger partial charge in [-0.25, -0.2) is 9.78 Å². The van der Waals surface area contributed by atoms with Gasteiger partial charge < -0.3 is 9.15 Å². The van der Waals surface area contributed by atoms with Crippen LogP contribution in [0.2, 0.25) is 0 Å². The van der Waals surface area contributed by atoms with Crippen molar-refractivity contribution in [3.05, 3.63) is 70.6 Å². The smallest absolute Gasteiger partial charge is 0.331 e. The number of Topliss-reactive ketones (excluding diaryl/α,β-unsaturated/α-hetero) is 1. The molecule has 0 unspecified atom stereocenters. The summed E-state index contributed by atoms with van der Waals surface area (Å²) in [6.45, 7) is 5.50. The van der Waals surface area contributed by atoms with Crippen molar-refractivity contribution >= 4 is 28.9 Å². The van der Waals surface area contributed by atoms with E-state index in [1.54, 1.807) is 6.07 Å². The number of carbonyl (C=O) groups is 2. The third-order valence-corrected chi connectivity index (χ3v) is 4.16. The van der Waals surface area contributed by atoms with E-state index in [0.717, 1.165) is 16.7 Å². The second-order valence-corrected chi connectivity index (χ2v) is 6.14. The topological polar surface area (TPSA) is 69.4 Å². The van der Waals surface area contributed by atoms with Gasteiger partial charge >= 0.3 is 5.97 Å². The zero-order valence-electron chi connectivity index (χ0n) is 14.9. The van der Waals surface area contributed by atoms with Gasteiger partial charge in [-0.05, 0) is 55.7 Å². The van der Waals surface area contributed by atoms with E-state index >= 15 is 0 Å². The van der Waals surface area contributed by atoms with Crippen LogP contribution in [-0.4, -0.2) is 23.3 Å². The third-order valence-electron chi connectivity index (χ3n) is 4.16. The molecule has 5 nitrogen and oxygen atoms in total. The van der Waals surface area contributed by atoms with Crippen molar-refractivity contribution < 1.29 is 18.7 Å². The maximum atomic E-state index is 12.3. The fraction of sp³-hybridized carbons (Fsp3) is 0.190. The molecule has 132 valence electrons. The summed E-state index contributed by atoms with van der Waals surface area (Å²) in [6.07, 6.45) is 2.62. The van der Waals surface area contributed by atoms with Crippen molar-refractivity contribution in [1.82, 2.24) is 4.98 Å². The predicted octanol–water partition coefficient (Wildman–Crippen LogP) is 4.19. The van der Waals surface area contributed by atoms with Crippen LogP contribution in [0.5, 0.6) is 0 Å². The summed E-state index contributed by atoms with van der Waals surface area (Å²) < 4.78 is 10.5. The van der Waals surface area contributed by atoms with E-state index < -0.39 is 5.97 Å². The van der Waals surface area contributed by atoms with Gasteiger partial charge in [-0.3, -0.25) is 4.79 Å². The van der Waals surface area contributed by atoms with Gasteiger partial charge in [-0.2, -0.15) is 0 Å². The van der Waals surface area contributed by atoms with Crippen molar-refractivity contribution in [3.8, 4) is 0 Å². The fourth-order valence-electron chi connectivity index (χ4n) is 2.62. The van der Waals surface area contributed by atoms with Gasteiger partial charge in [-0.1, -0.05) is 18.2 Å². The Bertz CT molecular complexity index is 981. The lowest BCUT2D eigenvalue weighted by Gasteiger charge is -2.09. The van der Waals surface area contributed by atoms with Crippen molar-refractivity contribution in [2.75, 3.05) is 6.61 Å². The minimum absolute atomic E-state index is 0.228. The number of aromatic nitrogens is 1. The number of benzene rings is 2. The Labute approximate surface area is 151 Å². The van der Waals surface area contributed by atoms with E-state index in [1.807, 2.05) is 51.1 Å². The molecule has 1 heterocycles. The molecule has 0 aliphatic heterocycles. The summed E-state index contributed by atoms with van der Waals surface area (Å²) >= 11 is 0. The summed E-state index contributed by atoms with van der Waals surface area (Å²) in [4.78, 5) is 28.4. The molecule has 3 aromatic rings. The number of fused-ring (bicyclic) bond motifs is 1. The first-order valence-electron chi connectivity index (χ1n) is 8.25. The monoisotopic (exact) mass is 349 g/mol. The highest BCUT2D eigenvalue weighted by Crippen LogP contribution is 2.17. The maximum absolute atomic E-state index is 12.3. The number of aryl methyl sites for hydroxylation is 3. The molecule has 0 saturated heterocycles. The Morgan fingerprint density at radius 3 is 2.58 bits per heavy atom. The molecule has 26 heavy (non-hydrogen) atoms. The van der Waals surface area contributed by atoms with Gasteiger partial charge in [0.1, 0.15) is 5.52 Å². The molecule has 0 spiro atoms. The minimum atomic E-state index is -0.623. The zero-order valence-corrected chi connectivity index (χ0v) is 14.9. The number of rotatable bonds is 5. The maximum Gasteiger partial charge on any atom is 0.331 e. The second-order valence-electron chi connectivity index (χ2n) is 6.14. The summed E-state index contributed by atoms with van der Waals surface area (Å²) in [5, 5.41) is 0. The van der Waals surface area contributed by atoms with Crippen LogP contribution in [0.25, 0.3) is 17.2 Å².